The highest BCUT2D eigenvalue weighted by Gasteiger charge is 2.17. The van der Waals surface area contributed by atoms with Crippen LogP contribution in [0.2, 0.25) is 0 Å². The summed E-state index contributed by atoms with van der Waals surface area (Å²) in [5.74, 6) is 1.34. The van der Waals surface area contributed by atoms with E-state index in [0.29, 0.717) is 0 Å². The maximum atomic E-state index is 12.1. The first-order valence-corrected chi connectivity index (χ1v) is 7.00. The van der Waals surface area contributed by atoms with Gasteiger partial charge in [0.25, 0.3) is 5.91 Å². The molecular weight excluding hydrogens is 268 g/mol. The van der Waals surface area contributed by atoms with Crippen molar-refractivity contribution < 1.29 is 9.53 Å². The minimum atomic E-state index is -0.299. The van der Waals surface area contributed by atoms with E-state index < -0.39 is 0 Å². The van der Waals surface area contributed by atoms with Crippen molar-refractivity contribution in [2.45, 2.75) is 32.7 Å². The second-order valence-electron chi connectivity index (χ2n) is 4.79. The molecule has 0 saturated carbocycles. The summed E-state index contributed by atoms with van der Waals surface area (Å²) in [4.78, 5) is 16.3. The van der Waals surface area contributed by atoms with Gasteiger partial charge in [-0.1, -0.05) is 25.1 Å². The Balaban J connectivity index is 2.07. The van der Waals surface area contributed by atoms with Gasteiger partial charge in [-0.05, 0) is 19.4 Å². The molecule has 1 heterocycles. The van der Waals surface area contributed by atoms with E-state index in [1.165, 1.54) is 0 Å². The summed E-state index contributed by atoms with van der Waals surface area (Å²) in [6.07, 6.45) is 1.73. The lowest BCUT2D eigenvalue weighted by Crippen LogP contribution is -2.28. The van der Waals surface area contributed by atoms with Crippen LogP contribution in [0.3, 0.4) is 0 Å². The van der Waals surface area contributed by atoms with E-state index in [1.807, 2.05) is 38.1 Å². The van der Waals surface area contributed by atoms with Crippen molar-refractivity contribution in [3.63, 3.8) is 0 Å². The average molecular weight is 288 g/mol. The Morgan fingerprint density at radius 3 is 2.90 bits per heavy atom. The third-order valence-corrected chi connectivity index (χ3v) is 3.17. The molecule has 0 aliphatic heterocycles. The van der Waals surface area contributed by atoms with Crippen molar-refractivity contribution in [1.29, 1.82) is 0 Å². The van der Waals surface area contributed by atoms with Crippen molar-refractivity contribution >= 4 is 5.91 Å². The Bertz CT molecular complexity index is 609. The van der Waals surface area contributed by atoms with Gasteiger partial charge in [0.05, 0.1) is 13.2 Å². The number of benzene rings is 1. The minimum Gasteiger partial charge on any atom is -0.496 e. The molecule has 0 bridgehead atoms. The van der Waals surface area contributed by atoms with Gasteiger partial charge in [0.1, 0.15) is 11.6 Å². The zero-order valence-electron chi connectivity index (χ0n) is 12.5. The minimum absolute atomic E-state index is 0.167. The Morgan fingerprint density at radius 1 is 1.43 bits per heavy atom. The summed E-state index contributed by atoms with van der Waals surface area (Å²) in [5.41, 5.74) is 0.915. The highest BCUT2D eigenvalue weighted by Crippen LogP contribution is 2.24. The predicted octanol–water partition coefficient (Wildman–Crippen LogP) is 2.26. The van der Waals surface area contributed by atoms with Crippen LogP contribution >= 0.6 is 0 Å². The lowest BCUT2D eigenvalue weighted by molar-refractivity contribution is 0.0929. The molecule has 6 nitrogen and oxygen atoms in total. The number of H-pyrrole nitrogens is 1. The molecule has 2 aromatic rings. The Labute approximate surface area is 123 Å². The predicted molar refractivity (Wildman–Crippen MR) is 79.3 cm³/mol. The number of amides is 1. The standard InChI is InChI=1S/C15H20N4O2/c1-4-7-13-17-14(19-18-13)15(20)16-10(2)11-8-5-6-9-12(11)21-3/h5-6,8-10H,4,7H2,1-3H3,(H,16,20)(H,17,18,19). The van der Waals surface area contributed by atoms with Crippen molar-refractivity contribution in [3.8, 4) is 5.75 Å². The molecule has 0 aliphatic rings. The van der Waals surface area contributed by atoms with E-state index in [-0.39, 0.29) is 17.8 Å². The lowest BCUT2D eigenvalue weighted by Gasteiger charge is -2.16. The Hall–Kier alpha value is -2.37. The summed E-state index contributed by atoms with van der Waals surface area (Å²) < 4.78 is 5.30. The summed E-state index contributed by atoms with van der Waals surface area (Å²) in [5, 5.41) is 9.60. The molecule has 1 atom stereocenters. The molecule has 1 amide bonds. The van der Waals surface area contributed by atoms with Gasteiger partial charge in [-0.25, -0.2) is 4.98 Å². The summed E-state index contributed by atoms with van der Waals surface area (Å²) in [7, 11) is 1.61. The van der Waals surface area contributed by atoms with Crippen molar-refractivity contribution in [2.24, 2.45) is 0 Å². The summed E-state index contributed by atoms with van der Waals surface area (Å²) in [6, 6.07) is 7.39. The Kier molecular flexibility index (Phi) is 4.92. The van der Waals surface area contributed by atoms with Crippen molar-refractivity contribution in [1.82, 2.24) is 20.5 Å². The molecule has 21 heavy (non-hydrogen) atoms. The zero-order valence-corrected chi connectivity index (χ0v) is 12.5. The van der Waals surface area contributed by atoms with E-state index in [2.05, 4.69) is 20.5 Å². The topological polar surface area (TPSA) is 79.9 Å². The average Bonchev–Trinajstić information content (AvgIpc) is 2.96. The number of nitrogens with one attached hydrogen (secondary N) is 2. The number of hydrogen-bond acceptors (Lipinski definition) is 4. The van der Waals surface area contributed by atoms with Gasteiger partial charge in [-0.2, -0.15) is 0 Å². The van der Waals surface area contributed by atoms with Gasteiger partial charge in [0.15, 0.2) is 0 Å². The Morgan fingerprint density at radius 2 is 2.19 bits per heavy atom. The van der Waals surface area contributed by atoms with Crippen LogP contribution in [-0.2, 0) is 6.42 Å². The van der Waals surface area contributed by atoms with Gasteiger partial charge < -0.3 is 10.1 Å². The number of aromatic amines is 1. The molecule has 2 N–H and O–H groups in total. The number of hydrogen-bond donors (Lipinski definition) is 2. The van der Waals surface area contributed by atoms with Crippen LogP contribution in [0.4, 0.5) is 0 Å². The SMILES string of the molecule is CCCc1nc(C(=O)NC(C)c2ccccc2OC)n[nH]1. The fourth-order valence-corrected chi connectivity index (χ4v) is 2.11. The number of aryl methyl sites for hydroxylation is 1. The largest absolute Gasteiger partial charge is 0.496 e. The van der Waals surface area contributed by atoms with E-state index in [0.717, 1.165) is 30.0 Å². The van der Waals surface area contributed by atoms with E-state index in [9.17, 15) is 4.79 Å². The number of ether oxygens (including phenoxy) is 1. The van der Waals surface area contributed by atoms with Crippen LogP contribution in [0.1, 0.15) is 48.3 Å². The molecule has 0 spiro atoms. The van der Waals surface area contributed by atoms with Gasteiger partial charge in [-0.3, -0.25) is 9.89 Å². The highest BCUT2D eigenvalue weighted by molar-refractivity contribution is 5.90. The van der Waals surface area contributed by atoms with Crippen LogP contribution < -0.4 is 10.1 Å². The number of para-hydroxylation sites is 1. The summed E-state index contributed by atoms with van der Waals surface area (Å²) >= 11 is 0. The van der Waals surface area contributed by atoms with Gasteiger partial charge in [-0.15, -0.1) is 5.10 Å². The number of carbonyl (C=O) groups is 1. The first-order chi connectivity index (χ1) is 10.2. The normalized spacial score (nSPS) is 12.0. The maximum absolute atomic E-state index is 12.1. The van der Waals surface area contributed by atoms with Crippen LogP contribution in [0, 0.1) is 0 Å². The fourth-order valence-electron chi connectivity index (χ4n) is 2.11. The molecule has 0 aliphatic carbocycles. The smallest absolute Gasteiger partial charge is 0.291 e. The molecule has 1 aromatic heterocycles. The first-order valence-electron chi connectivity index (χ1n) is 7.00. The van der Waals surface area contributed by atoms with Crippen LogP contribution in [0.15, 0.2) is 24.3 Å². The maximum Gasteiger partial charge on any atom is 0.291 e. The third kappa shape index (κ3) is 3.59. The third-order valence-electron chi connectivity index (χ3n) is 3.17. The molecule has 112 valence electrons. The number of aromatic nitrogens is 3. The van der Waals surface area contributed by atoms with Crippen molar-refractivity contribution in [2.75, 3.05) is 7.11 Å². The van der Waals surface area contributed by atoms with Crippen LogP contribution in [0.5, 0.6) is 5.75 Å². The molecule has 1 unspecified atom stereocenters. The molecule has 2 rings (SSSR count). The number of methoxy groups -OCH3 is 1. The number of rotatable bonds is 6. The lowest BCUT2D eigenvalue weighted by atomic mass is 10.1. The number of carbonyl (C=O) groups excluding carboxylic acids is 1. The van der Waals surface area contributed by atoms with Crippen molar-refractivity contribution in [3.05, 3.63) is 41.5 Å². The zero-order chi connectivity index (χ0) is 15.2. The van der Waals surface area contributed by atoms with Gasteiger partial charge >= 0.3 is 0 Å². The molecule has 0 saturated heterocycles. The monoisotopic (exact) mass is 288 g/mol. The van der Waals surface area contributed by atoms with Crippen LogP contribution in [0.25, 0.3) is 0 Å². The molecule has 1 aromatic carbocycles. The van der Waals surface area contributed by atoms with E-state index >= 15 is 0 Å². The quantitative estimate of drug-likeness (QED) is 0.854. The van der Waals surface area contributed by atoms with E-state index in [4.69, 9.17) is 4.74 Å². The van der Waals surface area contributed by atoms with Gasteiger partial charge in [0, 0.05) is 12.0 Å². The van der Waals surface area contributed by atoms with Crippen LogP contribution in [-0.4, -0.2) is 28.2 Å². The molecule has 0 radical (unpaired) electrons. The summed E-state index contributed by atoms with van der Waals surface area (Å²) in [6.45, 7) is 3.95. The molecule has 6 heteroatoms. The molecule has 0 fully saturated rings. The second-order valence-corrected chi connectivity index (χ2v) is 4.79. The molecular formula is C15H20N4O2. The first kappa shape index (κ1) is 15.0. The highest BCUT2D eigenvalue weighted by atomic mass is 16.5. The van der Waals surface area contributed by atoms with E-state index in [1.54, 1.807) is 7.11 Å². The second kappa shape index (κ2) is 6.88. The number of nitrogens with zero attached hydrogens (tertiary/aromatic N) is 2. The fraction of sp³-hybridized carbons (Fsp3) is 0.400. The van der Waals surface area contributed by atoms with Gasteiger partial charge in [0.2, 0.25) is 5.82 Å².